The van der Waals surface area contributed by atoms with E-state index in [1.165, 1.54) is 5.56 Å². The molecule has 1 heteroatoms. The van der Waals surface area contributed by atoms with E-state index >= 15 is 0 Å². The van der Waals surface area contributed by atoms with Crippen LogP contribution in [0.25, 0.3) is 0 Å². The fourth-order valence-corrected chi connectivity index (χ4v) is 1.61. The first kappa shape index (κ1) is 11.0. The fourth-order valence-electron chi connectivity index (χ4n) is 1.61. The summed E-state index contributed by atoms with van der Waals surface area (Å²) >= 11 is 0. The van der Waals surface area contributed by atoms with E-state index in [1.807, 2.05) is 25.1 Å². The summed E-state index contributed by atoms with van der Waals surface area (Å²) in [6.07, 6.45) is 1.97. The van der Waals surface area contributed by atoms with Crippen molar-refractivity contribution in [1.29, 1.82) is 0 Å². The quantitative estimate of drug-likeness (QED) is 0.665. The molecule has 0 bridgehead atoms. The summed E-state index contributed by atoms with van der Waals surface area (Å²) in [7, 11) is 0. The summed E-state index contributed by atoms with van der Waals surface area (Å²) in [4.78, 5) is 11.1. The molecule has 1 aromatic carbocycles. The summed E-state index contributed by atoms with van der Waals surface area (Å²) in [6, 6.07) is 10.2. The van der Waals surface area contributed by atoms with Crippen LogP contribution in [0.4, 0.5) is 0 Å². The Morgan fingerprint density at radius 1 is 1.36 bits per heavy atom. The summed E-state index contributed by atoms with van der Waals surface area (Å²) in [5.41, 5.74) is 1.01. The minimum atomic E-state index is -0.235. The molecular formula is C13H18O. The summed E-state index contributed by atoms with van der Waals surface area (Å²) in [6.45, 7) is 6.21. The van der Waals surface area contributed by atoms with Gasteiger partial charge in [-0.25, -0.2) is 0 Å². The molecule has 1 nitrogen and oxygen atoms in total. The van der Waals surface area contributed by atoms with Crippen LogP contribution in [0.3, 0.4) is 0 Å². The Balaban J connectivity index is 2.94. The highest BCUT2D eigenvalue weighted by molar-refractivity contribution is 5.60. The maximum Gasteiger partial charge on any atom is 0.126 e. The predicted octanol–water partition coefficient (Wildman–Crippen LogP) is 3.41. The van der Waals surface area contributed by atoms with Crippen molar-refractivity contribution in [1.82, 2.24) is 0 Å². The second-order valence-corrected chi connectivity index (χ2v) is 4.11. The van der Waals surface area contributed by atoms with Crippen LogP contribution >= 0.6 is 0 Å². The van der Waals surface area contributed by atoms with Crippen molar-refractivity contribution in [2.45, 2.75) is 33.1 Å². The lowest BCUT2D eigenvalue weighted by atomic mass is 9.74. The van der Waals surface area contributed by atoms with Gasteiger partial charge in [-0.3, -0.25) is 0 Å². The summed E-state index contributed by atoms with van der Waals surface area (Å²) in [5.74, 6) is 0.284. The third-order valence-corrected chi connectivity index (χ3v) is 3.32. The molecule has 0 saturated heterocycles. The molecule has 0 aliphatic rings. The van der Waals surface area contributed by atoms with Crippen molar-refractivity contribution < 1.29 is 4.79 Å². The van der Waals surface area contributed by atoms with Gasteiger partial charge in [-0.2, -0.15) is 0 Å². The molecule has 0 aliphatic carbocycles. The first-order valence-corrected chi connectivity index (χ1v) is 5.15. The second-order valence-electron chi connectivity index (χ2n) is 4.11. The van der Waals surface area contributed by atoms with Crippen LogP contribution in [0.2, 0.25) is 0 Å². The third-order valence-electron chi connectivity index (χ3n) is 3.32. The second kappa shape index (κ2) is 4.41. The highest BCUT2D eigenvalue weighted by atomic mass is 16.1. The Bertz CT molecular complexity index is 291. The Labute approximate surface area is 86.1 Å². The highest BCUT2D eigenvalue weighted by Gasteiger charge is 2.29. The van der Waals surface area contributed by atoms with E-state index in [9.17, 15) is 4.79 Å². The molecule has 0 aliphatic heterocycles. The normalized spacial score (nSPS) is 17.1. The third kappa shape index (κ3) is 2.03. The van der Waals surface area contributed by atoms with Crippen LogP contribution in [-0.4, -0.2) is 6.29 Å². The summed E-state index contributed by atoms with van der Waals surface area (Å²) in [5, 5.41) is 0. The standard InChI is InChI=1S/C13H18O/c1-4-13(3,10-14)11(2)12-8-6-5-7-9-12/h5-11H,4H2,1-3H3. The zero-order valence-corrected chi connectivity index (χ0v) is 9.16. The number of aldehydes is 1. The van der Waals surface area contributed by atoms with Gasteiger partial charge in [0.05, 0.1) is 0 Å². The molecule has 76 valence electrons. The van der Waals surface area contributed by atoms with Gasteiger partial charge in [-0.05, 0) is 17.9 Å². The van der Waals surface area contributed by atoms with E-state index in [1.54, 1.807) is 0 Å². The lowest BCUT2D eigenvalue weighted by Crippen LogP contribution is -2.24. The molecule has 2 unspecified atom stereocenters. The van der Waals surface area contributed by atoms with Gasteiger partial charge in [0.25, 0.3) is 0 Å². The molecule has 14 heavy (non-hydrogen) atoms. The Kier molecular flexibility index (Phi) is 3.45. The zero-order valence-electron chi connectivity index (χ0n) is 9.16. The fraction of sp³-hybridized carbons (Fsp3) is 0.462. The minimum absolute atomic E-state index is 0.235. The van der Waals surface area contributed by atoms with Crippen LogP contribution < -0.4 is 0 Å². The van der Waals surface area contributed by atoms with Crippen molar-refractivity contribution in [2.24, 2.45) is 5.41 Å². The average Bonchev–Trinajstić information content (AvgIpc) is 2.28. The van der Waals surface area contributed by atoms with Crippen molar-refractivity contribution in [3.63, 3.8) is 0 Å². The smallest absolute Gasteiger partial charge is 0.126 e. The van der Waals surface area contributed by atoms with Gasteiger partial charge >= 0.3 is 0 Å². The molecule has 0 fully saturated rings. The van der Waals surface area contributed by atoms with Gasteiger partial charge in [0.15, 0.2) is 0 Å². The van der Waals surface area contributed by atoms with Gasteiger partial charge < -0.3 is 4.79 Å². The van der Waals surface area contributed by atoms with E-state index in [0.717, 1.165) is 12.7 Å². The van der Waals surface area contributed by atoms with Crippen molar-refractivity contribution in [2.75, 3.05) is 0 Å². The molecule has 0 N–H and O–H groups in total. The number of rotatable bonds is 4. The molecule has 0 heterocycles. The van der Waals surface area contributed by atoms with Crippen LogP contribution in [0.5, 0.6) is 0 Å². The molecule has 0 saturated carbocycles. The topological polar surface area (TPSA) is 17.1 Å². The lowest BCUT2D eigenvalue weighted by Gasteiger charge is -2.29. The lowest BCUT2D eigenvalue weighted by molar-refractivity contribution is -0.116. The Morgan fingerprint density at radius 3 is 2.36 bits per heavy atom. The van der Waals surface area contributed by atoms with Crippen LogP contribution in [-0.2, 0) is 4.79 Å². The maximum atomic E-state index is 11.1. The van der Waals surface area contributed by atoms with Gasteiger partial charge in [-0.1, -0.05) is 51.1 Å². The molecule has 2 atom stereocenters. The van der Waals surface area contributed by atoms with E-state index in [0.29, 0.717) is 0 Å². The molecule has 1 rings (SSSR count). The zero-order chi connectivity index (χ0) is 10.6. The van der Waals surface area contributed by atoms with Crippen LogP contribution in [0, 0.1) is 5.41 Å². The van der Waals surface area contributed by atoms with Crippen molar-refractivity contribution in [3.05, 3.63) is 35.9 Å². The average molecular weight is 190 g/mol. The molecular weight excluding hydrogens is 172 g/mol. The molecule has 0 spiro atoms. The predicted molar refractivity (Wildman–Crippen MR) is 59.3 cm³/mol. The van der Waals surface area contributed by atoms with Crippen LogP contribution in [0.1, 0.15) is 38.7 Å². The van der Waals surface area contributed by atoms with Gasteiger partial charge in [0.2, 0.25) is 0 Å². The number of carbonyl (C=O) groups excluding carboxylic acids is 1. The molecule has 0 aromatic heterocycles. The number of hydrogen-bond acceptors (Lipinski definition) is 1. The van der Waals surface area contributed by atoms with E-state index in [-0.39, 0.29) is 11.3 Å². The van der Waals surface area contributed by atoms with E-state index in [4.69, 9.17) is 0 Å². The Morgan fingerprint density at radius 2 is 1.93 bits per heavy atom. The number of hydrogen-bond donors (Lipinski definition) is 0. The molecule has 0 amide bonds. The SMILES string of the molecule is CCC(C)(C=O)C(C)c1ccccc1. The molecule has 0 radical (unpaired) electrons. The van der Waals surface area contributed by atoms with Gasteiger partial charge in [-0.15, -0.1) is 0 Å². The maximum absolute atomic E-state index is 11.1. The van der Waals surface area contributed by atoms with Crippen molar-refractivity contribution in [3.8, 4) is 0 Å². The van der Waals surface area contributed by atoms with E-state index in [2.05, 4.69) is 26.0 Å². The van der Waals surface area contributed by atoms with Gasteiger partial charge in [0.1, 0.15) is 6.29 Å². The highest BCUT2D eigenvalue weighted by Crippen LogP contribution is 2.36. The first-order chi connectivity index (χ1) is 6.64. The number of carbonyl (C=O) groups is 1. The monoisotopic (exact) mass is 190 g/mol. The first-order valence-electron chi connectivity index (χ1n) is 5.15. The van der Waals surface area contributed by atoms with Crippen LogP contribution in [0.15, 0.2) is 30.3 Å². The number of benzene rings is 1. The Hall–Kier alpha value is -1.11. The summed E-state index contributed by atoms with van der Waals surface area (Å²) < 4.78 is 0. The van der Waals surface area contributed by atoms with Gasteiger partial charge in [0, 0.05) is 5.41 Å². The van der Waals surface area contributed by atoms with Crippen molar-refractivity contribution >= 4 is 6.29 Å². The molecule has 1 aromatic rings. The minimum Gasteiger partial charge on any atom is -0.303 e. The van der Waals surface area contributed by atoms with E-state index < -0.39 is 0 Å². The largest absolute Gasteiger partial charge is 0.303 e.